The monoisotopic (exact) mass is 331 g/mol. The molecule has 0 bridgehead atoms. The Bertz CT molecular complexity index is 1070. The fourth-order valence-corrected chi connectivity index (χ4v) is 2.84. The zero-order chi connectivity index (χ0) is 17.4. The van der Waals surface area contributed by atoms with Gasteiger partial charge in [-0.25, -0.2) is 9.97 Å². The number of para-hydroxylation sites is 2. The summed E-state index contributed by atoms with van der Waals surface area (Å²) in [5.74, 6) is 2.24. The highest BCUT2D eigenvalue weighted by atomic mass is 16.3. The van der Waals surface area contributed by atoms with Crippen LogP contribution in [0.15, 0.2) is 54.9 Å². The van der Waals surface area contributed by atoms with E-state index in [4.69, 9.17) is 0 Å². The van der Waals surface area contributed by atoms with Crippen molar-refractivity contribution < 1.29 is 5.11 Å². The van der Waals surface area contributed by atoms with Crippen LogP contribution in [-0.4, -0.2) is 24.6 Å². The fourth-order valence-electron chi connectivity index (χ4n) is 2.84. The van der Waals surface area contributed by atoms with Gasteiger partial charge < -0.3 is 10.4 Å². The van der Waals surface area contributed by atoms with Gasteiger partial charge >= 0.3 is 0 Å². The minimum absolute atomic E-state index is 0.177. The lowest BCUT2D eigenvalue weighted by Crippen LogP contribution is -2.03. The summed E-state index contributed by atoms with van der Waals surface area (Å²) in [5.41, 5.74) is 3.47. The molecule has 124 valence electrons. The van der Waals surface area contributed by atoms with Gasteiger partial charge in [0.25, 0.3) is 0 Å². The molecule has 6 nitrogen and oxygen atoms in total. The van der Waals surface area contributed by atoms with Crippen LogP contribution >= 0.6 is 0 Å². The number of benzene rings is 2. The van der Waals surface area contributed by atoms with E-state index in [1.807, 2.05) is 54.8 Å². The number of phenolic OH excluding ortho intramolecular Hbond substituents is 1. The SMILES string of the molecule is Cc1ccc(Nc2cncc(-n3c(C)nc4ccccc43)n2)c(O)c1. The summed E-state index contributed by atoms with van der Waals surface area (Å²) < 4.78 is 1.96. The molecule has 0 saturated carbocycles. The molecule has 2 N–H and O–H groups in total. The van der Waals surface area contributed by atoms with Crippen LogP contribution in [-0.2, 0) is 0 Å². The van der Waals surface area contributed by atoms with E-state index >= 15 is 0 Å². The normalized spacial score (nSPS) is 11.0. The van der Waals surface area contributed by atoms with E-state index in [0.29, 0.717) is 17.3 Å². The van der Waals surface area contributed by atoms with Gasteiger partial charge in [0, 0.05) is 0 Å². The van der Waals surface area contributed by atoms with Gasteiger partial charge in [-0.3, -0.25) is 9.55 Å². The maximum Gasteiger partial charge on any atom is 0.159 e. The smallest absolute Gasteiger partial charge is 0.159 e. The lowest BCUT2D eigenvalue weighted by Gasteiger charge is -2.10. The molecule has 0 unspecified atom stereocenters. The third-order valence-electron chi connectivity index (χ3n) is 4.00. The highest BCUT2D eigenvalue weighted by molar-refractivity contribution is 5.77. The van der Waals surface area contributed by atoms with E-state index < -0.39 is 0 Å². The van der Waals surface area contributed by atoms with Crippen LogP contribution in [0.2, 0.25) is 0 Å². The van der Waals surface area contributed by atoms with Crippen molar-refractivity contribution >= 4 is 22.5 Å². The number of fused-ring (bicyclic) bond motifs is 1. The van der Waals surface area contributed by atoms with Gasteiger partial charge in [0.15, 0.2) is 11.6 Å². The number of rotatable bonds is 3. The number of anilines is 2. The van der Waals surface area contributed by atoms with E-state index in [-0.39, 0.29) is 5.75 Å². The van der Waals surface area contributed by atoms with Gasteiger partial charge in [0.2, 0.25) is 0 Å². The molecule has 2 aromatic heterocycles. The van der Waals surface area contributed by atoms with Crippen LogP contribution in [0.3, 0.4) is 0 Å². The van der Waals surface area contributed by atoms with Crippen molar-refractivity contribution in [3.05, 3.63) is 66.2 Å². The number of nitrogens with one attached hydrogen (secondary N) is 1. The van der Waals surface area contributed by atoms with Crippen LogP contribution in [0.4, 0.5) is 11.5 Å². The van der Waals surface area contributed by atoms with Crippen molar-refractivity contribution in [2.45, 2.75) is 13.8 Å². The van der Waals surface area contributed by atoms with Crippen molar-refractivity contribution in [3.63, 3.8) is 0 Å². The van der Waals surface area contributed by atoms with Crippen molar-refractivity contribution in [1.82, 2.24) is 19.5 Å². The number of phenols is 1. The Labute approximate surface area is 144 Å². The van der Waals surface area contributed by atoms with Gasteiger partial charge in [-0.05, 0) is 43.7 Å². The lowest BCUT2D eigenvalue weighted by molar-refractivity contribution is 0.477. The molecule has 0 atom stereocenters. The number of aryl methyl sites for hydroxylation is 2. The molecule has 0 aliphatic rings. The molecule has 0 aliphatic carbocycles. The Balaban J connectivity index is 1.75. The minimum atomic E-state index is 0.177. The van der Waals surface area contributed by atoms with Gasteiger partial charge in [-0.1, -0.05) is 18.2 Å². The molecule has 0 fully saturated rings. The largest absolute Gasteiger partial charge is 0.506 e. The first-order valence-electron chi connectivity index (χ1n) is 7.95. The van der Waals surface area contributed by atoms with Gasteiger partial charge in [-0.15, -0.1) is 0 Å². The first-order chi connectivity index (χ1) is 12.1. The Kier molecular flexibility index (Phi) is 3.57. The lowest BCUT2D eigenvalue weighted by atomic mass is 10.2. The van der Waals surface area contributed by atoms with Crippen LogP contribution < -0.4 is 5.32 Å². The molecule has 4 aromatic rings. The topological polar surface area (TPSA) is 75.9 Å². The first-order valence-corrected chi connectivity index (χ1v) is 7.95. The van der Waals surface area contributed by atoms with Crippen molar-refractivity contribution in [3.8, 4) is 11.6 Å². The number of hydrogen-bond donors (Lipinski definition) is 2. The molecular weight excluding hydrogens is 314 g/mol. The van der Waals surface area contributed by atoms with E-state index in [1.165, 1.54) is 0 Å². The van der Waals surface area contributed by atoms with Crippen LogP contribution in [0.1, 0.15) is 11.4 Å². The zero-order valence-electron chi connectivity index (χ0n) is 13.9. The quantitative estimate of drug-likeness (QED) is 0.557. The molecule has 0 saturated heterocycles. The molecule has 0 amide bonds. The summed E-state index contributed by atoms with van der Waals surface area (Å²) in [6.07, 6.45) is 3.32. The summed E-state index contributed by atoms with van der Waals surface area (Å²) in [6, 6.07) is 13.3. The average molecular weight is 331 g/mol. The molecule has 0 spiro atoms. The molecule has 6 heteroatoms. The van der Waals surface area contributed by atoms with E-state index in [1.54, 1.807) is 18.5 Å². The van der Waals surface area contributed by atoms with Crippen molar-refractivity contribution in [2.75, 3.05) is 5.32 Å². The zero-order valence-corrected chi connectivity index (χ0v) is 13.9. The average Bonchev–Trinajstić information content (AvgIpc) is 2.93. The molecule has 2 heterocycles. The fraction of sp³-hybridized carbons (Fsp3) is 0.105. The maximum absolute atomic E-state index is 10.1. The van der Waals surface area contributed by atoms with Gasteiger partial charge in [-0.2, -0.15) is 0 Å². The highest BCUT2D eigenvalue weighted by Crippen LogP contribution is 2.27. The molecule has 0 aliphatic heterocycles. The second-order valence-corrected chi connectivity index (χ2v) is 5.89. The predicted molar refractivity (Wildman–Crippen MR) is 97.5 cm³/mol. The Hall–Kier alpha value is -3.41. The number of nitrogens with zero attached hydrogens (tertiary/aromatic N) is 4. The van der Waals surface area contributed by atoms with Crippen molar-refractivity contribution in [1.29, 1.82) is 0 Å². The van der Waals surface area contributed by atoms with Crippen LogP contribution in [0.25, 0.3) is 16.9 Å². The molecule has 25 heavy (non-hydrogen) atoms. The van der Waals surface area contributed by atoms with Gasteiger partial charge in [0.05, 0.1) is 29.1 Å². The summed E-state index contributed by atoms with van der Waals surface area (Å²) in [5, 5.41) is 13.2. The van der Waals surface area contributed by atoms with E-state index in [0.717, 1.165) is 22.4 Å². The second kappa shape index (κ2) is 5.90. The first kappa shape index (κ1) is 15.1. The third kappa shape index (κ3) is 2.78. The molecular formula is C19H17N5O. The number of aromatic hydroxyl groups is 1. The predicted octanol–water partition coefficient (Wildman–Crippen LogP) is 3.88. The summed E-state index contributed by atoms with van der Waals surface area (Å²) in [6.45, 7) is 3.87. The molecule has 4 rings (SSSR count). The highest BCUT2D eigenvalue weighted by Gasteiger charge is 2.11. The second-order valence-electron chi connectivity index (χ2n) is 5.89. The Morgan fingerprint density at radius 3 is 2.68 bits per heavy atom. The number of aromatic nitrogens is 4. The van der Waals surface area contributed by atoms with Crippen molar-refractivity contribution in [2.24, 2.45) is 0 Å². The Morgan fingerprint density at radius 1 is 1.00 bits per heavy atom. The van der Waals surface area contributed by atoms with E-state index in [9.17, 15) is 5.11 Å². The number of imidazole rings is 1. The van der Waals surface area contributed by atoms with E-state index in [2.05, 4.69) is 20.3 Å². The maximum atomic E-state index is 10.1. The summed E-state index contributed by atoms with van der Waals surface area (Å²) in [7, 11) is 0. The van der Waals surface area contributed by atoms with Crippen LogP contribution in [0, 0.1) is 13.8 Å². The number of hydrogen-bond acceptors (Lipinski definition) is 5. The van der Waals surface area contributed by atoms with Gasteiger partial charge in [0.1, 0.15) is 11.6 Å². The Morgan fingerprint density at radius 2 is 1.84 bits per heavy atom. The minimum Gasteiger partial charge on any atom is -0.506 e. The summed E-state index contributed by atoms with van der Waals surface area (Å²) >= 11 is 0. The third-order valence-corrected chi connectivity index (χ3v) is 4.00. The molecule has 0 radical (unpaired) electrons. The standard InChI is InChI=1S/C19H17N5O/c1-12-7-8-15(17(25)9-12)22-18-10-20-11-19(23-18)24-13(2)21-14-5-3-4-6-16(14)24/h3-11,25H,1-2H3,(H,22,23). The summed E-state index contributed by atoms with van der Waals surface area (Å²) in [4.78, 5) is 13.5. The van der Waals surface area contributed by atoms with Crippen LogP contribution in [0.5, 0.6) is 5.75 Å². The molecule has 2 aromatic carbocycles.